The Morgan fingerprint density at radius 2 is 2.10 bits per heavy atom. The van der Waals surface area contributed by atoms with Crippen LogP contribution in [0.25, 0.3) is 0 Å². The van der Waals surface area contributed by atoms with E-state index in [1.165, 1.54) is 6.42 Å². The van der Waals surface area contributed by atoms with Crippen LogP contribution in [-0.2, 0) is 6.54 Å². The Hall–Kier alpha value is -1.82. The lowest BCUT2D eigenvalue weighted by molar-refractivity contribution is 0.0515. The van der Waals surface area contributed by atoms with Crippen molar-refractivity contribution >= 4 is 5.91 Å². The van der Waals surface area contributed by atoms with Crippen LogP contribution >= 0.6 is 0 Å². The summed E-state index contributed by atoms with van der Waals surface area (Å²) in [4.78, 5) is 28.6. The molecule has 0 saturated carbocycles. The molecule has 6 heteroatoms. The van der Waals surface area contributed by atoms with Gasteiger partial charge >= 0.3 is 0 Å². The van der Waals surface area contributed by atoms with Crippen molar-refractivity contribution in [2.24, 2.45) is 0 Å². The van der Waals surface area contributed by atoms with Crippen molar-refractivity contribution in [2.75, 3.05) is 13.1 Å². The lowest BCUT2D eigenvalue weighted by Crippen LogP contribution is -2.50. The summed E-state index contributed by atoms with van der Waals surface area (Å²) in [6.45, 7) is 4.04. The zero-order valence-corrected chi connectivity index (χ0v) is 11.4. The second kappa shape index (κ2) is 3.85. The Morgan fingerprint density at radius 3 is 2.90 bits per heavy atom. The van der Waals surface area contributed by atoms with Gasteiger partial charge < -0.3 is 14.6 Å². The molecule has 106 valence electrons. The number of fused-ring (bicyclic) bond motifs is 4. The maximum absolute atomic E-state index is 12.6. The molecular weight excluding hydrogens is 258 g/mol. The zero-order valence-electron chi connectivity index (χ0n) is 11.4. The normalized spacial score (nSPS) is 28.4. The molecule has 3 aliphatic rings. The molecule has 1 aromatic rings. The van der Waals surface area contributed by atoms with Crippen LogP contribution in [0.4, 0.5) is 0 Å². The fourth-order valence-electron chi connectivity index (χ4n) is 3.86. The highest BCUT2D eigenvalue weighted by atomic mass is 16.3. The number of amides is 1. The van der Waals surface area contributed by atoms with Crippen molar-refractivity contribution in [3.63, 3.8) is 0 Å². The Kier molecular flexibility index (Phi) is 2.30. The van der Waals surface area contributed by atoms with E-state index in [9.17, 15) is 14.7 Å². The predicted molar refractivity (Wildman–Crippen MR) is 71.7 cm³/mol. The molecule has 6 nitrogen and oxygen atoms in total. The fraction of sp³-hybridized carbons (Fsp3) is 0.571. The number of aromatic nitrogens is 1. The molecule has 1 N–H and O–H groups in total. The van der Waals surface area contributed by atoms with E-state index in [0.717, 1.165) is 13.0 Å². The first kappa shape index (κ1) is 12.0. The largest absolute Gasteiger partial charge is 0.503 e. The van der Waals surface area contributed by atoms with Gasteiger partial charge in [-0.2, -0.15) is 0 Å². The van der Waals surface area contributed by atoms with Gasteiger partial charge in [0.15, 0.2) is 11.4 Å². The summed E-state index contributed by atoms with van der Waals surface area (Å²) in [5.41, 5.74) is 0.184. The minimum absolute atomic E-state index is 0.0730. The molecule has 0 spiro atoms. The number of aromatic hydroxyl groups is 1. The van der Waals surface area contributed by atoms with Gasteiger partial charge in [0.25, 0.3) is 5.91 Å². The molecule has 1 unspecified atom stereocenters. The standard InChI is InChI=1S/C14H17N3O3/c1-8-5-15-7-10-16-4-2-3-9(16)6-17(10)14(20)11(15)13(19)12(8)18/h5,9-10,19H,2-4,6-7H2,1H3/t9?,10-/m0/s1. The first-order chi connectivity index (χ1) is 9.58. The summed E-state index contributed by atoms with van der Waals surface area (Å²) in [6.07, 6.45) is 4.07. The van der Waals surface area contributed by atoms with E-state index in [1.807, 2.05) is 4.90 Å². The molecule has 0 radical (unpaired) electrons. The molecule has 0 aromatic carbocycles. The summed E-state index contributed by atoms with van der Waals surface area (Å²) >= 11 is 0. The van der Waals surface area contributed by atoms with Crippen LogP contribution in [0.2, 0.25) is 0 Å². The second-order valence-electron chi connectivity index (χ2n) is 5.96. The molecule has 3 aliphatic heterocycles. The number of carbonyl (C=O) groups is 1. The van der Waals surface area contributed by atoms with Crippen LogP contribution in [0.15, 0.2) is 11.0 Å². The van der Waals surface area contributed by atoms with Crippen molar-refractivity contribution in [3.8, 4) is 5.75 Å². The molecule has 2 saturated heterocycles. The molecular formula is C14H17N3O3. The van der Waals surface area contributed by atoms with E-state index in [0.29, 0.717) is 24.7 Å². The molecule has 2 atom stereocenters. The van der Waals surface area contributed by atoms with E-state index in [4.69, 9.17) is 0 Å². The van der Waals surface area contributed by atoms with Crippen LogP contribution in [0, 0.1) is 6.92 Å². The number of rotatable bonds is 0. The van der Waals surface area contributed by atoms with Gasteiger partial charge in [0, 0.05) is 30.9 Å². The first-order valence-corrected chi connectivity index (χ1v) is 7.07. The molecule has 0 bridgehead atoms. The second-order valence-corrected chi connectivity index (χ2v) is 5.96. The average molecular weight is 275 g/mol. The predicted octanol–water partition coefficient (Wildman–Crippen LogP) is 0.122. The fourth-order valence-corrected chi connectivity index (χ4v) is 3.86. The third-order valence-corrected chi connectivity index (χ3v) is 4.83. The molecule has 4 heterocycles. The van der Waals surface area contributed by atoms with Gasteiger partial charge in [0.05, 0.1) is 6.54 Å². The Labute approximate surface area is 116 Å². The van der Waals surface area contributed by atoms with Gasteiger partial charge in [-0.05, 0) is 19.8 Å². The minimum atomic E-state index is -0.442. The number of nitrogens with zero attached hydrogens (tertiary/aromatic N) is 3. The Bertz CT molecular complexity index is 666. The maximum atomic E-state index is 12.6. The van der Waals surface area contributed by atoms with E-state index in [2.05, 4.69) is 4.90 Å². The number of hydrogen-bond donors (Lipinski definition) is 1. The van der Waals surface area contributed by atoms with Crippen molar-refractivity contribution in [1.29, 1.82) is 0 Å². The van der Waals surface area contributed by atoms with Gasteiger partial charge in [-0.3, -0.25) is 14.5 Å². The molecule has 4 rings (SSSR count). The van der Waals surface area contributed by atoms with Gasteiger partial charge in [-0.1, -0.05) is 0 Å². The van der Waals surface area contributed by atoms with Crippen molar-refractivity contribution in [3.05, 3.63) is 27.7 Å². The van der Waals surface area contributed by atoms with Gasteiger partial charge in [-0.25, -0.2) is 0 Å². The third kappa shape index (κ3) is 1.37. The number of hydrogen-bond acceptors (Lipinski definition) is 4. The molecule has 2 fully saturated rings. The van der Waals surface area contributed by atoms with Crippen LogP contribution in [-0.4, -0.2) is 50.7 Å². The molecule has 0 aliphatic carbocycles. The highest BCUT2D eigenvalue weighted by Gasteiger charge is 2.47. The number of pyridine rings is 1. The van der Waals surface area contributed by atoms with E-state index in [-0.39, 0.29) is 17.8 Å². The first-order valence-electron chi connectivity index (χ1n) is 7.07. The topological polar surface area (TPSA) is 65.8 Å². The van der Waals surface area contributed by atoms with Gasteiger partial charge in [-0.15, -0.1) is 0 Å². The number of carbonyl (C=O) groups excluding carboxylic acids is 1. The molecule has 1 amide bonds. The summed E-state index contributed by atoms with van der Waals surface area (Å²) in [6, 6.07) is 0.439. The van der Waals surface area contributed by atoms with E-state index < -0.39 is 11.2 Å². The summed E-state index contributed by atoms with van der Waals surface area (Å²) < 4.78 is 1.75. The number of aryl methyl sites for hydroxylation is 1. The van der Waals surface area contributed by atoms with Crippen molar-refractivity contribution in [2.45, 2.75) is 38.5 Å². The average Bonchev–Trinajstić information content (AvgIpc) is 2.98. The summed E-state index contributed by atoms with van der Waals surface area (Å²) in [7, 11) is 0. The van der Waals surface area contributed by atoms with Gasteiger partial charge in [0.1, 0.15) is 6.17 Å². The Morgan fingerprint density at radius 1 is 1.30 bits per heavy atom. The van der Waals surface area contributed by atoms with Crippen LogP contribution < -0.4 is 5.43 Å². The third-order valence-electron chi connectivity index (χ3n) is 4.83. The van der Waals surface area contributed by atoms with E-state index in [1.54, 1.807) is 17.7 Å². The Balaban J connectivity index is 1.84. The highest BCUT2D eigenvalue weighted by Crippen LogP contribution is 2.35. The minimum Gasteiger partial charge on any atom is -0.503 e. The lowest BCUT2D eigenvalue weighted by atomic mass is 10.1. The van der Waals surface area contributed by atoms with Crippen LogP contribution in [0.3, 0.4) is 0 Å². The van der Waals surface area contributed by atoms with Crippen LogP contribution in [0.5, 0.6) is 5.75 Å². The molecule has 20 heavy (non-hydrogen) atoms. The maximum Gasteiger partial charge on any atom is 0.275 e. The quantitative estimate of drug-likeness (QED) is 0.730. The highest BCUT2D eigenvalue weighted by molar-refractivity contribution is 5.96. The lowest BCUT2D eigenvalue weighted by Gasteiger charge is -2.35. The summed E-state index contributed by atoms with van der Waals surface area (Å²) in [5.74, 6) is -0.620. The van der Waals surface area contributed by atoms with Crippen molar-refractivity contribution < 1.29 is 9.90 Å². The van der Waals surface area contributed by atoms with Gasteiger partial charge in [0.2, 0.25) is 5.43 Å². The zero-order chi connectivity index (χ0) is 14.0. The smallest absolute Gasteiger partial charge is 0.275 e. The monoisotopic (exact) mass is 275 g/mol. The summed E-state index contributed by atoms with van der Waals surface area (Å²) in [5, 5.41) is 10.0. The SMILES string of the molecule is Cc1cn2c(c(O)c1=O)C(=O)N1CC3CCCN3[C@@H]1C2. The van der Waals surface area contributed by atoms with E-state index >= 15 is 0 Å². The van der Waals surface area contributed by atoms with Crippen molar-refractivity contribution in [1.82, 2.24) is 14.4 Å². The van der Waals surface area contributed by atoms with Crippen LogP contribution in [0.1, 0.15) is 28.9 Å². The molecule has 1 aromatic heterocycles.